The van der Waals surface area contributed by atoms with Gasteiger partial charge in [-0.2, -0.15) is 5.10 Å². The molecule has 0 fully saturated rings. The van der Waals surface area contributed by atoms with Gasteiger partial charge >= 0.3 is 0 Å². The third-order valence-corrected chi connectivity index (χ3v) is 4.50. The first-order valence-corrected chi connectivity index (χ1v) is 7.97. The molecule has 0 saturated carbocycles. The van der Waals surface area contributed by atoms with Gasteiger partial charge in [0.25, 0.3) is 0 Å². The summed E-state index contributed by atoms with van der Waals surface area (Å²) in [5.74, 6) is -0.282. The van der Waals surface area contributed by atoms with Gasteiger partial charge in [0.2, 0.25) is 0 Å². The normalized spacial score (nSPS) is 11.0. The van der Waals surface area contributed by atoms with Gasteiger partial charge in [-0.3, -0.25) is 4.68 Å². The number of fused-ring (bicyclic) bond motifs is 1. The zero-order valence-electron chi connectivity index (χ0n) is 12.3. The molecule has 0 amide bonds. The molecule has 4 nitrogen and oxygen atoms in total. The number of thiophene rings is 1. The minimum Gasteiger partial charge on any atom is -0.351 e. The first-order valence-electron chi connectivity index (χ1n) is 7.09. The van der Waals surface area contributed by atoms with Crippen LogP contribution in [0.4, 0.5) is 15.8 Å². The van der Waals surface area contributed by atoms with Gasteiger partial charge < -0.3 is 5.32 Å². The quantitative estimate of drug-likeness (QED) is 0.600. The van der Waals surface area contributed by atoms with Crippen molar-refractivity contribution in [3.63, 3.8) is 0 Å². The van der Waals surface area contributed by atoms with Gasteiger partial charge in [-0.05, 0) is 24.3 Å². The Bertz CT molecular complexity index is 989. The van der Waals surface area contributed by atoms with Crippen LogP contribution in [0.5, 0.6) is 0 Å². The number of aromatic nitrogens is 3. The summed E-state index contributed by atoms with van der Waals surface area (Å²) in [6, 6.07) is 10.6. The molecule has 6 heteroatoms. The number of benzene rings is 1. The van der Waals surface area contributed by atoms with Crippen molar-refractivity contribution in [1.82, 2.24) is 14.8 Å². The minimum absolute atomic E-state index is 0.282. The lowest BCUT2D eigenvalue weighted by Gasteiger charge is -2.06. The average molecular weight is 324 g/mol. The Morgan fingerprint density at radius 3 is 2.78 bits per heavy atom. The Hall–Kier alpha value is -2.73. The van der Waals surface area contributed by atoms with E-state index in [1.54, 1.807) is 40.4 Å². The highest BCUT2D eigenvalue weighted by Gasteiger charge is 2.10. The number of nitrogens with zero attached hydrogens (tertiary/aromatic N) is 3. The molecule has 1 N–H and O–H groups in total. The lowest BCUT2D eigenvalue weighted by Crippen LogP contribution is -1.93. The van der Waals surface area contributed by atoms with E-state index in [2.05, 4.69) is 10.4 Å². The second-order valence-electron chi connectivity index (χ2n) is 5.20. The minimum atomic E-state index is -0.282. The molecule has 114 valence electrons. The Kier molecular flexibility index (Phi) is 3.31. The lowest BCUT2D eigenvalue weighted by atomic mass is 10.2. The molecular formula is C17H13FN4S. The second kappa shape index (κ2) is 5.48. The van der Waals surface area contributed by atoms with Crippen molar-refractivity contribution in [2.24, 2.45) is 7.05 Å². The van der Waals surface area contributed by atoms with Gasteiger partial charge in [-0.15, -0.1) is 11.3 Å². The zero-order valence-corrected chi connectivity index (χ0v) is 13.1. The smallest absolute Gasteiger partial charge is 0.146 e. The van der Waals surface area contributed by atoms with E-state index in [1.165, 1.54) is 6.07 Å². The number of para-hydroxylation sites is 1. The predicted molar refractivity (Wildman–Crippen MR) is 91.5 cm³/mol. The zero-order chi connectivity index (χ0) is 15.8. The van der Waals surface area contributed by atoms with Gasteiger partial charge in [-0.25, -0.2) is 9.37 Å². The monoisotopic (exact) mass is 324 g/mol. The summed E-state index contributed by atoms with van der Waals surface area (Å²) in [6.45, 7) is 0. The summed E-state index contributed by atoms with van der Waals surface area (Å²) in [6.07, 6.45) is 3.70. The number of halogens is 1. The van der Waals surface area contributed by atoms with Gasteiger partial charge in [0.1, 0.15) is 11.3 Å². The van der Waals surface area contributed by atoms with Crippen LogP contribution in [0.3, 0.4) is 0 Å². The molecule has 4 rings (SSSR count). The third-order valence-electron chi connectivity index (χ3n) is 3.56. The highest BCUT2D eigenvalue weighted by Crippen LogP contribution is 2.33. The van der Waals surface area contributed by atoms with Crippen LogP contribution in [-0.2, 0) is 7.05 Å². The van der Waals surface area contributed by atoms with Crippen LogP contribution in [0, 0.1) is 5.82 Å². The van der Waals surface area contributed by atoms with Crippen LogP contribution in [0.15, 0.2) is 54.2 Å². The second-order valence-corrected chi connectivity index (χ2v) is 6.11. The molecule has 3 heterocycles. The third kappa shape index (κ3) is 2.57. The van der Waals surface area contributed by atoms with Crippen molar-refractivity contribution in [1.29, 1.82) is 0 Å². The number of anilines is 2. The number of nitrogens with one attached hydrogen (secondary N) is 1. The van der Waals surface area contributed by atoms with Gasteiger partial charge in [0, 0.05) is 24.2 Å². The molecule has 4 aromatic rings. The summed E-state index contributed by atoms with van der Waals surface area (Å²) in [7, 11) is 1.87. The molecule has 1 aromatic carbocycles. The van der Waals surface area contributed by atoms with E-state index in [0.29, 0.717) is 5.69 Å². The SMILES string of the molecule is Cn1cc(-c2ccc3scc(Nc4ccccc4F)c3n2)cn1. The fraction of sp³-hybridized carbons (Fsp3) is 0.0588. The summed E-state index contributed by atoms with van der Waals surface area (Å²) >= 11 is 1.58. The van der Waals surface area contributed by atoms with E-state index in [9.17, 15) is 4.39 Å². The number of aryl methyl sites for hydroxylation is 1. The van der Waals surface area contributed by atoms with Crippen LogP contribution >= 0.6 is 11.3 Å². The number of pyridine rings is 1. The highest BCUT2D eigenvalue weighted by molar-refractivity contribution is 7.17. The van der Waals surface area contributed by atoms with Crippen LogP contribution in [0.2, 0.25) is 0 Å². The molecule has 0 aliphatic carbocycles. The molecule has 0 aliphatic rings. The van der Waals surface area contributed by atoms with E-state index < -0.39 is 0 Å². The Morgan fingerprint density at radius 2 is 2.00 bits per heavy atom. The molecular weight excluding hydrogens is 311 g/mol. The maximum Gasteiger partial charge on any atom is 0.146 e. The fourth-order valence-corrected chi connectivity index (χ4v) is 3.25. The summed E-state index contributed by atoms with van der Waals surface area (Å²) in [4.78, 5) is 4.72. The molecule has 23 heavy (non-hydrogen) atoms. The van der Waals surface area contributed by atoms with Crippen molar-refractivity contribution in [3.8, 4) is 11.3 Å². The van der Waals surface area contributed by atoms with E-state index in [0.717, 1.165) is 27.2 Å². The molecule has 0 atom stereocenters. The fourth-order valence-electron chi connectivity index (χ4n) is 2.42. The van der Waals surface area contributed by atoms with Crippen molar-refractivity contribution in [2.75, 3.05) is 5.32 Å². The average Bonchev–Trinajstić information content (AvgIpc) is 3.16. The lowest BCUT2D eigenvalue weighted by molar-refractivity contribution is 0.632. The van der Waals surface area contributed by atoms with Crippen molar-refractivity contribution < 1.29 is 4.39 Å². The largest absolute Gasteiger partial charge is 0.351 e. The van der Waals surface area contributed by atoms with Crippen LogP contribution < -0.4 is 5.32 Å². The maximum absolute atomic E-state index is 13.8. The van der Waals surface area contributed by atoms with Crippen LogP contribution in [0.1, 0.15) is 0 Å². The summed E-state index contributed by atoms with van der Waals surface area (Å²) in [5, 5.41) is 9.26. The van der Waals surface area contributed by atoms with E-state index in [-0.39, 0.29) is 5.82 Å². The molecule has 0 radical (unpaired) electrons. The first-order chi connectivity index (χ1) is 11.2. The molecule has 0 spiro atoms. The van der Waals surface area contributed by atoms with Crippen molar-refractivity contribution in [2.45, 2.75) is 0 Å². The Balaban J connectivity index is 1.77. The highest BCUT2D eigenvalue weighted by atomic mass is 32.1. The molecule has 3 aromatic heterocycles. The molecule has 0 bridgehead atoms. The predicted octanol–water partition coefficient (Wildman–Crippen LogP) is 4.58. The molecule has 0 aliphatic heterocycles. The van der Waals surface area contributed by atoms with E-state index in [4.69, 9.17) is 4.98 Å². The van der Waals surface area contributed by atoms with Crippen molar-refractivity contribution >= 4 is 32.9 Å². The van der Waals surface area contributed by atoms with Gasteiger partial charge in [0.05, 0.1) is 28.0 Å². The van der Waals surface area contributed by atoms with Crippen molar-refractivity contribution in [3.05, 3.63) is 60.0 Å². The van der Waals surface area contributed by atoms with Crippen LogP contribution in [-0.4, -0.2) is 14.8 Å². The first kappa shape index (κ1) is 13.9. The molecule has 0 saturated heterocycles. The summed E-state index contributed by atoms with van der Waals surface area (Å²) < 4.78 is 16.6. The van der Waals surface area contributed by atoms with Crippen LogP contribution in [0.25, 0.3) is 21.5 Å². The van der Waals surface area contributed by atoms with E-state index >= 15 is 0 Å². The maximum atomic E-state index is 13.8. The van der Waals surface area contributed by atoms with Gasteiger partial charge in [0.15, 0.2) is 0 Å². The molecule has 0 unspecified atom stereocenters. The van der Waals surface area contributed by atoms with E-state index in [1.807, 2.05) is 30.8 Å². The topological polar surface area (TPSA) is 42.7 Å². The summed E-state index contributed by atoms with van der Waals surface area (Å²) in [5.41, 5.74) is 3.89. The number of rotatable bonds is 3. The Labute approximate surface area is 136 Å². The Morgan fingerprint density at radius 1 is 1.13 bits per heavy atom. The number of hydrogen-bond acceptors (Lipinski definition) is 4. The van der Waals surface area contributed by atoms with Gasteiger partial charge in [-0.1, -0.05) is 12.1 Å². The number of hydrogen-bond donors (Lipinski definition) is 1. The standard InChI is InChI=1S/C17H13FN4S/c1-22-9-11(8-19-22)13-6-7-16-17(21-13)15(10-23-16)20-14-5-3-2-4-12(14)18/h2-10,20H,1H3.